The molecular weight excluding hydrogens is 280 g/mol. The Bertz CT molecular complexity index is 462. The third kappa shape index (κ3) is 4.67. The average Bonchev–Trinajstić information content (AvgIpc) is 2.49. The summed E-state index contributed by atoms with van der Waals surface area (Å²) in [7, 11) is 0. The summed E-state index contributed by atoms with van der Waals surface area (Å²) in [5, 5.41) is 6.37. The Kier molecular flexibility index (Phi) is 7.09. The highest BCUT2D eigenvalue weighted by Crippen LogP contribution is 2.29. The summed E-state index contributed by atoms with van der Waals surface area (Å²) in [6, 6.07) is 5.90. The van der Waals surface area contributed by atoms with Gasteiger partial charge in [0.05, 0.1) is 0 Å². The van der Waals surface area contributed by atoms with Gasteiger partial charge in [0, 0.05) is 29.1 Å². The molecule has 0 aliphatic heterocycles. The number of thioether (sulfide) groups is 1. The van der Waals surface area contributed by atoms with Crippen molar-refractivity contribution in [1.82, 2.24) is 5.32 Å². The van der Waals surface area contributed by atoms with Gasteiger partial charge in [-0.25, -0.2) is 0 Å². The van der Waals surface area contributed by atoms with Gasteiger partial charge in [0.25, 0.3) is 5.91 Å². The van der Waals surface area contributed by atoms with E-state index in [1.165, 1.54) is 0 Å². The van der Waals surface area contributed by atoms with Gasteiger partial charge in [-0.2, -0.15) is 11.8 Å². The lowest BCUT2D eigenvalue weighted by molar-refractivity contribution is 0.0948. The van der Waals surface area contributed by atoms with E-state index >= 15 is 0 Å². The molecule has 3 nitrogen and oxygen atoms in total. The maximum absolute atomic E-state index is 12.4. The molecule has 0 heterocycles. The van der Waals surface area contributed by atoms with Crippen molar-refractivity contribution < 1.29 is 4.79 Å². The van der Waals surface area contributed by atoms with Crippen molar-refractivity contribution in [3.63, 3.8) is 0 Å². The fourth-order valence-corrected chi connectivity index (χ4v) is 3.22. The van der Waals surface area contributed by atoms with Crippen molar-refractivity contribution in [1.29, 1.82) is 0 Å². The lowest BCUT2D eigenvalue weighted by Gasteiger charge is -2.29. The van der Waals surface area contributed by atoms with Crippen molar-refractivity contribution in [3.05, 3.63) is 29.3 Å². The Morgan fingerprint density at radius 1 is 1.24 bits per heavy atom. The normalized spacial score (nSPS) is 11.3. The van der Waals surface area contributed by atoms with E-state index < -0.39 is 0 Å². The van der Waals surface area contributed by atoms with E-state index in [0.29, 0.717) is 6.54 Å². The number of nitrogens with one attached hydrogen (secondary N) is 2. The molecule has 1 aromatic carbocycles. The van der Waals surface area contributed by atoms with Crippen LogP contribution in [0.4, 0.5) is 5.69 Å². The Hall–Kier alpha value is -1.16. The molecule has 0 atom stereocenters. The highest BCUT2D eigenvalue weighted by molar-refractivity contribution is 8.00. The minimum absolute atomic E-state index is 0.0240. The van der Waals surface area contributed by atoms with E-state index in [4.69, 9.17) is 0 Å². The zero-order chi connectivity index (χ0) is 15.9. The van der Waals surface area contributed by atoms with E-state index in [9.17, 15) is 4.79 Å². The number of amides is 1. The Balaban J connectivity index is 2.76. The lowest BCUT2D eigenvalue weighted by Crippen LogP contribution is -2.39. The number of carbonyl (C=O) groups is 1. The van der Waals surface area contributed by atoms with Crippen LogP contribution in [0.3, 0.4) is 0 Å². The molecule has 0 aliphatic rings. The maximum Gasteiger partial charge on any atom is 0.251 e. The smallest absolute Gasteiger partial charge is 0.251 e. The number of carbonyl (C=O) groups excluding carboxylic acids is 1. The molecule has 0 saturated carbocycles. The van der Waals surface area contributed by atoms with E-state index in [1.807, 2.05) is 36.9 Å². The van der Waals surface area contributed by atoms with Crippen LogP contribution in [-0.2, 0) is 0 Å². The molecule has 0 radical (unpaired) electrons. The van der Waals surface area contributed by atoms with E-state index in [2.05, 4.69) is 37.7 Å². The zero-order valence-electron chi connectivity index (χ0n) is 13.9. The first-order valence-corrected chi connectivity index (χ1v) is 8.92. The van der Waals surface area contributed by atoms with Gasteiger partial charge in [-0.3, -0.25) is 4.79 Å². The van der Waals surface area contributed by atoms with Crippen LogP contribution in [0.5, 0.6) is 0 Å². The lowest BCUT2D eigenvalue weighted by atomic mass is 10.0. The summed E-state index contributed by atoms with van der Waals surface area (Å²) in [6.45, 7) is 10.0. The molecular formula is C17H28N2OS. The molecule has 0 saturated heterocycles. The summed E-state index contributed by atoms with van der Waals surface area (Å²) in [6.07, 6.45) is 4.24. The third-order valence-electron chi connectivity index (χ3n) is 4.14. The van der Waals surface area contributed by atoms with Crippen molar-refractivity contribution in [2.45, 2.75) is 45.3 Å². The predicted octanol–water partition coefficient (Wildman–Crippen LogP) is 4.08. The number of aryl methyl sites for hydroxylation is 1. The number of hydrogen-bond donors (Lipinski definition) is 2. The van der Waals surface area contributed by atoms with Gasteiger partial charge in [0.15, 0.2) is 0 Å². The first kappa shape index (κ1) is 17.9. The molecule has 0 spiro atoms. The van der Waals surface area contributed by atoms with Gasteiger partial charge in [0.2, 0.25) is 0 Å². The minimum atomic E-state index is 0.0240. The molecule has 1 aromatic rings. The van der Waals surface area contributed by atoms with Crippen molar-refractivity contribution >= 4 is 23.4 Å². The SMILES string of the molecule is CCNc1ccc(C(=O)NCC(CC)(CC)SC)c(C)c1. The van der Waals surface area contributed by atoms with Crippen LogP contribution in [0, 0.1) is 6.92 Å². The first-order valence-electron chi connectivity index (χ1n) is 7.69. The summed E-state index contributed by atoms with van der Waals surface area (Å²) < 4.78 is 0.146. The second-order valence-corrected chi connectivity index (χ2v) is 6.61. The maximum atomic E-state index is 12.4. The molecule has 0 aromatic heterocycles. The third-order valence-corrected chi connectivity index (χ3v) is 5.73. The summed E-state index contributed by atoms with van der Waals surface area (Å²) in [4.78, 5) is 12.4. The summed E-state index contributed by atoms with van der Waals surface area (Å²) >= 11 is 1.84. The fourth-order valence-electron chi connectivity index (χ4n) is 2.43. The summed E-state index contributed by atoms with van der Waals surface area (Å²) in [5.74, 6) is 0.0240. The van der Waals surface area contributed by atoms with Crippen LogP contribution in [0.25, 0.3) is 0 Å². The molecule has 0 fully saturated rings. The number of hydrogen-bond acceptors (Lipinski definition) is 3. The number of benzene rings is 1. The van der Waals surface area contributed by atoms with E-state index in [1.54, 1.807) is 0 Å². The van der Waals surface area contributed by atoms with Gasteiger partial charge in [0.1, 0.15) is 0 Å². The predicted molar refractivity (Wildman–Crippen MR) is 94.5 cm³/mol. The fraction of sp³-hybridized carbons (Fsp3) is 0.588. The minimum Gasteiger partial charge on any atom is -0.385 e. The molecule has 4 heteroatoms. The Labute approximate surface area is 133 Å². The van der Waals surface area contributed by atoms with Crippen LogP contribution < -0.4 is 10.6 Å². The van der Waals surface area contributed by atoms with Crippen LogP contribution in [0.15, 0.2) is 18.2 Å². The van der Waals surface area contributed by atoms with Crippen LogP contribution in [-0.4, -0.2) is 30.0 Å². The Morgan fingerprint density at radius 3 is 2.38 bits per heavy atom. The largest absolute Gasteiger partial charge is 0.385 e. The van der Waals surface area contributed by atoms with Gasteiger partial charge < -0.3 is 10.6 Å². The molecule has 0 aliphatic carbocycles. The van der Waals surface area contributed by atoms with Gasteiger partial charge >= 0.3 is 0 Å². The van der Waals surface area contributed by atoms with Gasteiger partial charge in [-0.05, 0) is 56.7 Å². The highest BCUT2D eigenvalue weighted by Gasteiger charge is 2.25. The van der Waals surface area contributed by atoms with Crippen molar-refractivity contribution in [2.24, 2.45) is 0 Å². The molecule has 1 rings (SSSR count). The second kappa shape index (κ2) is 8.32. The standard InChI is InChI=1S/C17H28N2OS/c1-6-17(7-2,21-5)12-19-16(20)15-10-9-14(18-8-3)11-13(15)4/h9-11,18H,6-8,12H2,1-5H3,(H,19,20). The molecule has 1 amide bonds. The quantitative estimate of drug-likeness (QED) is 0.760. The summed E-state index contributed by atoms with van der Waals surface area (Å²) in [5.41, 5.74) is 2.83. The van der Waals surface area contributed by atoms with Gasteiger partial charge in [-0.15, -0.1) is 0 Å². The van der Waals surface area contributed by atoms with E-state index in [-0.39, 0.29) is 10.7 Å². The second-order valence-electron chi connectivity index (χ2n) is 5.34. The first-order chi connectivity index (χ1) is 10.0. The van der Waals surface area contributed by atoms with Crippen LogP contribution >= 0.6 is 11.8 Å². The molecule has 118 valence electrons. The number of rotatable bonds is 8. The highest BCUT2D eigenvalue weighted by atomic mass is 32.2. The molecule has 0 unspecified atom stereocenters. The molecule has 2 N–H and O–H groups in total. The molecule has 21 heavy (non-hydrogen) atoms. The average molecular weight is 308 g/mol. The monoisotopic (exact) mass is 308 g/mol. The van der Waals surface area contributed by atoms with Crippen molar-refractivity contribution in [3.8, 4) is 0 Å². The Morgan fingerprint density at radius 2 is 1.90 bits per heavy atom. The number of anilines is 1. The van der Waals surface area contributed by atoms with Gasteiger partial charge in [-0.1, -0.05) is 13.8 Å². The van der Waals surface area contributed by atoms with E-state index in [0.717, 1.165) is 36.2 Å². The van der Waals surface area contributed by atoms with Crippen LogP contribution in [0.2, 0.25) is 0 Å². The molecule has 0 bridgehead atoms. The zero-order valence-corrected chi connectivity index (χ0v) is 14.7. The topological polar surface area (TPSA) is 41.1 Å². The van der Waals surface area contributed by atoms with Crippen LogP contribution in [0.1, 0.15) is 49.5 Å². The van der Waals surface area contributed by atoms with Crippen molar-refractivity contribution in [2.75, 3.05) is 24.7 Å².